The fraction of sp³-hybridized carbons (Fsp3) is 0.273. The lowest BCUT2D eigenvalue weighted by atomic mass is 10.2. The second kappa shape index (κ2) is 14.0. The number of thiazole rings is 1. The number of hydrogen-bond acceptors (Lipinski definition) is 7. The minimum Gasteiger partial charge on any atom is -0.478 e. The van der Waals surface area contributed by atoms with Crippen molar-refractivity contribution in [3.05, 3.63) is 47.0 Å². The van der Waals surface area contributed by atoms with Gasteiger partial charge in [0.25, 0.3) is 0 Å². The highest BCUT2D eigenvalue weighted by molar-refractivity contribution is 7.22. The molecule has 0 spiro atoms. The van der Waals surface area contributed by atoms with Crippen LogP contribution < -0.4 is 16.0 Å². The van der Waals surface area contributed by atoms with Gasteiger partial charge in [-0.2, -0.15) is 0 Å². The van der Waals surface area contributed by atoms with E-state index in [4.69, 9.17) is 11.6 Å². The highest BCUT2D eigenvalue weighted by Crippen LogP contribution is 2.31. The van der Waals surface area contributed by atoms with Crippen molar-refractivity contribution in [1.82, 2.24) is 30.1 Å². The molecule has 0 saturated heterocycles. The molecule has 4 N–H and O–H groups in total. The van der Waals surface area contributed by atoms with Gasteiger partial charge in [0.1, 0.15) is 0 Å². The fourth-order valence-electron chi connectivity index (χ4n) is 3.08. The summed E-state index contributed by atoms with van der Waals surface area (Å²) in [5.74, 6) is -0.354. The van der Waals surface area contributed by atoms with Crippen molar-refractivity contribution < 1.29 is 14.7 Å². The zero-order valence-electron chi connectivity index (χ0n) is 20.0. The number of aromatic carboxylic acids is 1. The van der Waals surface area contributed by atoms with Crippen molar-refractivity contribution in [3.8, 4) is 0 Å². The minimum absolute atomic E-state index is 0. The highest BCUT2D eigenvalue weighted by atomic mass is 35.5. The summed E-state index contributed by atoms with van der Waals surface area (Å²) in [6.07, 6.45) is 0. The van der Waals surface area contributed by atoms with Crippen molar-refractivity contribution in [2.45, 2.75) is 6.54 Å². The van der Waals surface area contributed by atoms with Gasteiger partial charge in [-0.15, -0.1) is 24.8 Å². The molecule has 14 heteroatoms. The molecule has 10 nitrogen and oxygen atoms in total. The smallest absolute Gasteiger partial charge is 0.335 e. The Hall–Kier alpha value is -2.83. The molecule has 0 aliphatic rings. The van der Waals surface area contributed by atoms with Gasteiger partial charge in [-0.05, 0) is 43.4 Å². The Balaban J connectivity index is 0.000000637. The predicted molar refractivity (Wildman–Crippen MR) is 151 cm³/mol. The molecule has 0 atom stereocenters. The SMILES string of the molecule is CNC(=O)N(C)C.CNCCn1c(Nc2nc3ccc(Cl)cc3s2)nc2cc(C(=O)O)ccc21.Cl.Cl. The fourth-order valence-corrected chi connectivity index (χ4v) is 4.21. The number of halogens is 3. The number of carboxylic acids is 1. The van der Waals surface area contributed by atoms with Crippen LogP contribution in [0.1, 0.15) is 10.4 Å². The molecule has 0 radical (unpaired) electrons. The quantitative estimate of drug-likeness (QED) is 0.262. The summed E-state index contributed by atoms with van der Waals surface area (Å²) in [7, 11) is 6.87. The lowest BCUT2D eigenvalue weighted by molar-refractivity contribution is 0.0697. The maximum absolute atomic E-state index is 11.2. The first kappa shape index (κ1) is 31.2. The van der Waals surface area contributed by atoms with Crippen molar-refractivity contribution in [2.75, 3.05) is 40.1 Å². The van der Waals surface area contributed by atoms with E-state index in [-0.39, 0.29) is 36.4 Å². The molecule has 0 aliphatic heterocycles. The molecule has 2 aromatic heterocycles. The van der Waals surface area contributed by atoms with E-state index in [9.17, 15) is 14.7 Å². The van der Waals surface area contributed by atoms with Gasteiger partial charge < -0.3 is 30.5 Å². The third-order valence-electron chi connectivity index (χ3n) is 4.77. The molecule has 196 valence electrons. The standard InChI is InChI=1S/C18H16ClN5O2S.C4H10N2O.2ClH/c1-20-6-7-24-14-5-2-10(16(25)26)8-13(14)21-17(24)23-18-22-12-4-3-11(19)9-15(12)27-18;1-5-4(7)6(2)3;;/h2-5,8-9,20H,6-7H2,1H3,(H,25,26)(H,21,22,23);1-3H3,(H,5,7);2*1H. The molecular weight excluding hydrogens is 549 g/mol. The van der Waals surface area contributed by atoms with Crippen LogP contribution >= 0.6 is 47.8 Å². The largest absolute Gasteiger partial charge is 0.478 e. The monoisotopic (exact) mass is 575 g/mol. The number of carbonyl (C=O) groups is 2. The van der Waals surface area contributed by atoms with Crippen molar-refractivity contribution in [3.63, 3.8) is 0 Å². The number of nitrogens with one attached hydrogen (secondary N) is 3. The Kier molecular flexibility index (Phi) is 12.2. The van der Waals surface area contributed by atoms with Gasteiger partial charge in [-0.1, -0.05) is 22.9 Å². The molecule has 0 bridgehead atoms. The first-order valence-corrected chi connectivity index (χ1v) is 11.5. The normalized spacial score (nSPS) is 10.0. The van der Waals surface area contributed by atoms with Gasteiger partial charge >= 0.3 is 12.0 Å². The third-order valence-corrected chi connectivity index (χ3v) is 5.94. The maximum atomic E-state index is 11.2. The van der Waals surface area contributed by atoms with Crippen LogP contribution in [0.4, 0.5) is 15.9 Å². The predicted octanol–water partition coefficient (Wildman–Crippen LogP) is 4.69. The average Bonchev–Trinajstić information content (AvgIpc) is 3.36. The molecule has 0 aliphatic carbocycles. The van der Waals surface area contributed by atoms with E-state index in [0.717, 1.165) is 22.3 Å². The molecule has 4 rings (SSSR count). The second-order valence-corrected chi connectivity index (χ2v) is 8.87. The van der Waals surface area contributed by atoms with Crippen LogP contribution in [0.15, 0.2) is 36.4 Å². The van der Waals surface area contributed by atoms with E-state index in [2.05, 4.69) is 25.9 Å². The van der Waals surface area contributed by atoms with Crippen molar-refractivity contribution in [1.29, 1.82) is 0 Å². The number of imidazole rings is 1. The number of amides is 2. The first-order chi connectivity index (χ1) is 16.2. The molecule has 2 amide bonds. The van der Waals surface area contributed by atoms with E-state index in [0.29, 0.717) is 28.2 Å². The minimum atomic E-state index is -0.973. The van der Waals surface area contributed by atoms with Crippen LogP contribution in [-0.4, -0.2) is 71.3 Å². The van der Waals surface area contributed by atoms with Gasteiger partial charge in [0.05, 0.1) is 26.8 Å². The molecule has 2 heterocycles. The summed E-state index contributed by atoms with van der Waals surface area (Å²) in [5.41, 5.74) is 2.56. The lowest BCUT2D eigenvalue weighted by Gasteiger charge is -2.09. The lowest BCUT2D eigenvalue weighted by Crippen LogP contribution is -2.31. The molecule has 0 unspecified atom stereocenters. The summed E-state index contributed by atoms with van der Waals surface area (Å²) in [4.78, 5) is 32.2. The van der Waals surface area contributed by atoms with Gasteiger partial charge in [0.15, 0.2) is 5.13 Å². The van der Waals surface area contributed by atoms with E-state index < -0.39 is 5.97 Å². The highest BCUT2D eigenvalue weighted by Gasteiger charge is 2.15. The van der Waals surface area contributed by atoms with Crippen molar-refractivity contribution in [2.24, 2.45) is 0 Å². The Labute approximate surface area is 229 Å². The number of carbonyl (C=O) groups excluding carboxylic acids is 1. The van der Waals surface area contributed by atoms with E-state index >= 15 is 0 Å². The number of likely N-dealkylation sites (N-methyl/N-ethyl adjacent to an activating group) is 1. The number of rotatable bonds is 6. The van der Waals surface area contributed by atoms with E-state index in [1.165, 1.54) is 16.2 Å². The molecule has 0 fully saturated rings. The molecule has 36 heavy (non-hydrogen) atoms. The second-order valence-electron chi connectivity index (χ2n) is 7.40. The summed E-state index contributed by atoms with van der Waals surface area (Å²) in [6.45, 7) is 1.43. The first-order valence-electron chi connectivity index (χ1n) is 10.3. The van der Waals surface area contributed by atoms with Crippen LogP contribution in [0.3, 0.4) is 0 Å². The van der Waals surface area contributed by atoms with Crippen LogP contribution in [0, 0.1) is 0 Å². The summed E-state index contributed by atoms with van der Waals surface area (Å²) in [5, 5.41) is 19.4. The van der Waals surface area contributed by atoms with Crippen LogP contribution in [0.2, 0.25) is 5.02 Å². The topological polar surface area (TPSA) is 124 Å². The average molecular weight is 577 g/mol. The number of benzene rings is 2. The molecular formula is C22H28Cl3N7O3S. The van der Waals surface area contributed by atoms with Gasteiger partial charge in [0, 0.05) is 39.3 Å². The van der Waals surface area contributed by atoms with Crippen molar-refractivity contribution >= 4 is 92.1 Å². The Bertz CT molecular complexity index is 1330. The van der Waals surface area contributed by atoms with Gasteiger partial charge in [0.2, 0.25) is 5.95 Å². The molecule has 4 aromatic rings. The Morgan fingerprint density at radius 1 is 1.08 bits per heavy atom. The Morgan fingerprint density at radius 2 is 1.81 bits per heavy atom. The van der Waals surface area contributed by atoms with Gasteiger partial charge in [-0.3, -0.25) is 0 Å². The number of aromatic nitrogens is 3. The summed E-state index contributed by atoms with van der Waals surface area (Å²) in [6, 6.07) is 10.4. The number of urea groups is 1. The maximum Gasteiger partial charge on any atom is 0.335 e. The van der Waals surface area contributed by atoms with Gasteiger partial charge in [-0.25, -0.2) is 19.6 Å². The molecule has 2 aromatic carbocycles. The summed E-state index contributed by atoms with van der Waals surface area (Å²) >= 11 is 7.54. The third kappa shape index (κ3) is 7.58. The zero-order chi connectivity index (χ0) is 24.8. The number of fused-ring (bicyclic) bond motifs is 2. The molecule has 0 saturated carbocycles. The van der Waals surface area contributed by atoms with Crippen LogP contribution in [0.25, 0.3) is 21.3 Å². The Morgan fingerprint density at radius 3 is 2.39 bits per heavy atom. The number of nitrogens with zero attached hydrogens (tertiary/aromatic N) is 4. The van der Waals surface area contributed by atoms with Crippen LogP contribution in [0.5, 0.6) is 0 Å². The summed E-state index contributed by atoms with van der Waals surface area (Å²) < 4.78 is 2.99. The zero-order valence-corrected chi connectivity index (χ0v) is 23.2. The van der Waals surface area contributed by atoms with E-state index in [1.54, 1.807) is 39.3 Å². The number of anilines is 2. The van der Waals surface area contributed by atoms with Crippen LogP contribution in [-0.2, 0) is 6.54 Å². The number of hydrogen-bond donors (Lipinski definition) is 4. The van der Waals surface area contributed by atoms with E-state index in [1.807, 2.05) is 29.8 Å². The number of carboxylic acid groups (broad SMARTS) is 1.